The first-order valence-corrected chi connectivity index (χ1v) is 2.83. The number of imidazole rings is 1. The van der Waals surface area contributed by atoms with Gasteiger partial charge in [0.2, 0.25) is 0 Å². The lowest BCUT2D eigenvalue weighted by atomic mass is 10.3. The van der Waals surface area contributed by atoms with Gasteiger partial charge < -0.3 is 20.1 Å². The summed E-state index contributed by atoms with van der Waals surface area (Å²) in [5, 5.41) is 21.5. The molecule has 6 heteroatoms. The Morgan fingerprint density at radius 1 is 1.55 bits per heavy atom. The lowest BCUT2D eigenvalue weighted by Gasteiger charge is -1.73. The molecule has 0 radical (unpaired) electrons. The molecule has 0 atom stereocenters. The number of aromatic nitrogens is 2. The summed E-state index contributed by atoms with van der Waals surface area (Å²) in [5.74, 6) is 0.819. The lowest BCUT2D eigenvalue weighted by Crippen LogP contribution is -2.07. The second-order valence-electron chi connectivity index (χ2n) is 1.52. The van der Waals surface area contributed by atoms with Gasteiger partial charge in [-0.05, 0) is 6.08 Å². The van der Waals surface area contributed by atoms with Gasteiger partial charge in [-0.25, -0.2) is 4.98 Å². The van der Waals surface area contributed by atoms with Crippen molar-refractivity contribution in [1.82, 2.24) is 9.97 Å². The fourth-order valence-electron chi connectivity index (χ4n) is 0.389. The van der Waals surface area contributed by atoms with Crippen LogP contribution in [0.5, 0.6) is 0 Å². The molecule has 0 aliphatic heterocycles. The van der Waals surface area contributed by atoms with Crippen LogP contribution in [-0.4, -0.2) is 32.4 Å². The molecule has 60 valence electrons. The minimum absolute atomic E-state index is 0.819. The molecule has 0 unspecified atom stereocenters. The third kappa shape index (κ3) is 6.78. The monoisotopic (exact) mass is 156 g/mol. The summed E-state index contributed by atoms with van der Waals surface area (Å²) >= 11 is 0. The highest BCUT2D eigenvalue weighted by atomic mass is 16.5. The number of nitrogens with one attached hydrogen (secondary N) is 1. The first-order valence-electron chi connectivity index (χ1n) is 2.83. The standard InChI is InChI=1S/C5H6N2.BH3O3/c1-2-5-6-3-4-7-5;2-1(3)4/h2-4H,1H2,(H,6,7);2-4H. The Labute approximate surface area is 64.2 Å². The fraction of sp³-hybridized carbons (Fsp3) is 0. The van der Waals surface area contributed by atoms with E-state index < -0.39 is 7.32 Å². The lowest BCUT2D eigenvalue weighted by molar-refractivity contribution is 0.278. The highest BCUT2D eigenvalue weighted by Crippen LogP contribution is 1.85. The van der Waals surface area contributed by atoms with Crippen LogP contribution in [0.3, 0.4) is 0 Å². The van der Waals surface area contributed by atoms with Gasteiger partial charge in [0.15, 0.2) is 0 Å². The third-order valence-electron chi connectivity index (χ3n) is 0.713. The first kappa shape index (κ1) is 9.89. The van der Waals surface area contributed by atoms with Gasteiger partial charge in [-0.15, -0.1) is 0 Å². The van der Waals surface area contributed by atoms with Crippen LogP contribution in [0.2, 0.25) is 0 Å². The average Bonchev–Trinajstić information content (AvgIpc) is 2.36. The quantitative estimate of drug-likeness (QED) is 0.392. The van der Waals surface area contributed by atoms with Gasteiger partial charge in [0.05, 0.1) is 0 Å². The Bertz CT molecular complexity index is 185. The van der Waals surface area contributed by atoms with E-state index in [1.807, 2.05) is 0 Å². The Morgan fingerprint density at radius 3 is 2.27 bits per heavy atom. The van der Waals surface area contributed by atoms with Gasteiger partial charge in [0.25, 0.3) is 0 Å². The van der Waals surface area contributed by atoms with E-state index in [-0.39, 0.29) is 0 Å². The maximum absolute atomic E-state index is 7.17. The normalized spacial score (nSPS) is 7.91. The maximum Gasteiger partial charge on any atom is 0.631 e. The first-order chi connectivity index (χ1) is 5.16. The molecule has 11 heavy (non-hydrogen) atoms. The van der Waals surface area contributed by atoms with Gasteiger partial charge >= 0.3 is 7.32 Å². The van der Waals surface area contributed by atoms with Crippen molar-refractivity contribution in [3.8, 4) is 0 Å². The number of aromatic amines is 1. The largest absolute Gasteiger partial charge is 0.631 e. The number of nitrogens with zero attached hydrogens (tertiary/aromatic N) is 1. The predicted molar refractivity (Wildman–Crippen MR) is 41.1 cm³/mol. The minimum Gasteiger partial charge on any atom is -0.402 e. The van der Waals surface area contributed by atoms with E-state index in [1.165, 1.54) is 0 Å². The zero-order valence-electron chi connectivity index (χ0n) is 5.81. The van der Waals surface area contributed by atoms with Crippen molar-refractivity contribution in [3.63, 3.8) is 0 Å². The number of H-pyrrole nitrogens is 1. The van der Waals surface area contributed by atoms with Crippen LogP contribution in [0.4, 0.5) is 0 Å². The SMILES string of the molecule is C=Cc1ncc[nH]1.OB(O)O. The molecule has 0 amide bonds. The van der Waals surface area contributed by atoms with Gasteiger partial charge in [-0.2, -0.15) is 0 Å². The zero-order chi connectivity index (χ0) is 8.69. The van der Waals surface area contributed by atoms with E-state index >= 15 is 0 Å². The third-order valence-corrected chi connectivity index (χ3v) is 0.713. The zero-order valence-corrected chi connectivity index (χ0v) is 5.81. The smallest absolute Gasteiger partial charge is 0.402 e. The molecule has 0 aliphatic carbocycles. The van der Waals surface area contributed by atoms with Crippen LogP contribution in [0.1, 0.15) is 5.82 Å². The molecular formula is C5H9BN2O3. The van der Waals surface area contributed by atoms with Crippen LogP contribution in [0.15, 0.2) is 19.0 Å². The summed E-state index contributed by atoms with van der Waals surface area (Å²) < 4.78 is 0. The van der Waals surface area contributed by atoms with Crippen LogP contribution < -0.4 is 0 Å². The van der Waals surface area contributed by atoms with Crippen molar-refractivity contribution in [2.75, 3.05) is 0 Å². The topological polar surface area (TPSA) is 89.4 Å². The van der Waals surface area contributed by atoms with Crippen molar-refractivity contribution >= 4 is 13.4 Å². The predicted octanol–water partition coefficient (Wildman–Crippen LogP) is -0.999. The van der Waals surface area contributed by atoms with Crippen molar-refractivity contribution in [2.24, 2.45) is 0 Å². The van der Waals surface area contributed by atoms with Crippen molar-refractivity contribution in [2.45, 2.75) is 0 Å². The van der Waals surface area contributed by atoms with Crippen LogP contribution in [-0.2, 0) is 0 Å². The molecule has 0 aliphatic rings. The molecule has 0 bridgehead atoms. The summed E-state index contributed by atoms with van der Waals surface area (Å²) in [6.45, 7) is 3.51. The second-order valence-corrected chi connectivity index (χ2v) is 1.52. The van der Waals surface area contributed by atoms with Crippen molar-refractivity contribution in [3.05, 3.63) is 24.8 Å². The number of rotatable bonds is 1. The minimum atomic E-state index is -2.17. The molecule has 0 saturated carbocycles. The highest BCUT2D eigenvalue weighted by molar-refractivity contribution is 6.30. The van der Waals surface area contributed by atoms with E-state index in [0.717, 1.165) is 5.82 Å². The maximum atomic E-state index is 7.17. The molecule has 1 aromatic rings. The van der Waals surface area contributed by atoms with Crippen LogP contribution in [0.25, 0.3) is 6.08 Å². The Morgan fingerprint density at radius 2 is 2.09 bits per heavy atom. The molecule has 0 spiro atoms. The molecule has 0 fully saturated rings. The summed E-state index contributed by atoms with van der Waals surface area (Å²) in [6.07, 6.45) is 5.12. The molecule has 0 saturated heterocycles. The molecule has 5 nitrogen and oxygen atoms in total. The molecular weight excluding hydrogens is 147 g/mol. The van der Waals surface area contributed by atoms with E-state index in [0.29, 0.717) is 0 Å². The number of hydrogen-bond donors (Lipinski definition) is 4. The van der Waals surface area contributed by atoms with E-state index in [9.17, 15) is 0 Å². The van der Waals surface area contributed by atoms with Gasteiger partial charge in [-0.1, -0.05) is 6.58 Å². The summed E-state index contributed by atoms with van der Waals surface area (Å²) in [7, 11) is -2.17. The summed E-state index contributed by atoms with van der Waals surface area (Å²) in [6, 6.07) is 0. The molecule has 1 heterocycles. The van der Waals surface area contributed by atoms with Crippen molar-refractivity contribution < 1.29 is 15.1 Å². The van der Waals surface area contributed by atoms with Gasteiger partial charge in [0.1, 0.15) is 5.82 Å². The second kappa shape index (κ2) is 5.66. The summed E-state index contributed by atoms with van der Waals surface area (Å²) in [4.78, 5) is 6.72. The average molecular weight is 156 g/mol. The summed E-state index contributed by atoms with van der Waals surface area (Å²) in [5.41, 5.74) is 0. The van der Waals surface area contributed by atoms with Crippen molar-refractivity contribution in [1.29, 1.82) is 0 Å². The van der Waals surface area contributed by atoms with E-state index in [4.69, 9.17) is 15.1 Å². The molecule has 4 N–H and O–H groups in total. The molecule has 1 aromatic heterocycles. The van der Waals surface area contributed by atoms with E-state index in [1.54, 1.807) is 18.5 Å². The van der Waals surface area contributed by atoms with E-state index in [2.05, 4.69) is 16.5 Å². The number of hydrogen-bond acceptors (Lipinski definition) is 4. The fourth-order valence-corrected chi connectivity index (χ4v) is 0.389. The Kier molecular flexibility index (Phi) is 5.09. The highest BCUT2D eigenvalue weighted by Gasteiger charge is 1.92. The molecule has 1 rings (SSSR count). The Balaban J connectivity index is 0.000000218. The van der Waals surface area contributed by atoms with Gasteiger partial charge in [-0.3, -0.25) is 0 Å². The Hall–Kier alpha value is -1.11. The van der Waals surface area contributed by atoms with Crippen LogP contribution >= 0.6 is 0 Å². The van der Waals surface area contributed by atoms with Crippen LogP contribution in [0, 0.1) is 0 Å². The molecule has 0 aromatic carbocycles. The van der Waals surface area contributed by atoms with Gasteiger partial charge in [0, 0.05) is 12.4 Å².